The van der Waals surface area contributed by atoms with Gasteiger partial charge >= 0.3 is 0 Å². The van der Waals surface area contributed by atoms with Crippen molar-refractivity contribution in [1.82, 2.24) is 25.4 Å². The zero-order valence-electron chi connectivity index (χ0n) is 9.92. The molecule has 2 heterocycles. The van der Waals surface area contributed by atoms with Crippen LogP contribution in [-0.2, 0) is 6.42 Å². The van der Waals surface area contributed by atoms with Gasteiger partial charge in [0.1, 0.15) is 12.0 Å². The molecule has 0 fully saturated rings. The van der Waals surface area contributed by atoms with Crippen LogP contribution in [0.1, 0.15) is 19.7 Å². The van der Waals surface area contributed by atoms with Crippen molar-refractivity contribution in [2.75, 3.05) is 6.54 Å². The van der Waals surface area contributed by atoms with Crippen LogP contribution in [0, 0.1) is 0 Å². The number of likely N-dealkylation sites (N-methyl/N-ethyl adjacent to an activating group) is 1. The summed E-state index contributed by atoms with van der Waals surface area (Å²) >= 11 is 0. The lowest BCUT2D eigenvalue weighted by Crippen LogP contribution is -2.27. The zero-order valence-corrected chi connectivity index (χ0v) is 9.92. The van der Waals surface area contributed by atoms with Crippen molar-refractivity contribution in [2.45, 2.75) is 26.3 Å². The third-order valence-corrected chi connectivity index (χ3v) is 2.31. The average molecular weight is 233 g/mol. The molecule has 0 radical (unpaired) electrons. The third kappa shape index (κ3) is 3.07. The van der Waals surface area contributed by atoms with Gasteiger partial charge in [0.05, 0.1) is 0 Å². The maximum Gasteiger partial charge on any atom is 0.228 e. The summed E-state index contributed by atoms with van der Waals surface area (Å²) in [5, 5.41) is 7.19. The fourth-order valence-electron chi connectivity index (χ4n) is 1.55. The van der Waals surface area contributed by atoms with E-state index in [1.807, 2.05) is 0 Å². The van der Waals surface area contributed by atoms with Crippen LogP contribution in [0.2, 0.25) is 0 Å². The quantitative estimate of drug-likeness (QED) is 0.832. The lowest BCUT2D eigenvalue weighted by Gasteiger charge is -2.07. The monoisotopic (exact) mass is 233 g/mol. The first-order valence-electron chi connectivity index (χ1n) is 5.62. The number of hydrogen-bond acceptors (Lipinski definition) is 6. The van der Waals surface area contributed by atoms with Gasteiger partial charge in [-0.2, -0.15) is 4.98 Å². The second kappa shape index (κ2) is 5.49. The van der Waals surface area contributed by atoms with E-state index in [0.717, 1.165) is 6.54 Å². The van der Waals surface area contributed by atoms with Crippen molar-refractivity contribution in [3.05, 3.63) is 24.5 Å². The van der Waals surface area contributed by atoms with E-state index in [1.54, 1.807) is 12.3 Å². The van der Waals surface area contributed by atoms with E-state index in [-0.39, 0.29) is 0 Å². The predicted octanol–water partition coefficient (Wildman–Crippen LogP) is 1.07. The fourth-order valence-corrected chi connectivity index (χ4v) is 1.55. The summed E-state index contributed by atoms with van der Waals surface area (Å²) in [6, 6.07) is 2.07. The van der Waals surface area contributed by atoms with Crippen molar-refractivity contribution in [3.8, 4) is 11.5 Å². The summed E-state index contributed by atoms with van der Waals surface area (Å²) < 4.78 is 5.17. The van der Waals surface area contributed by atoms with Gasteiger partial charge in [-0.25, -0.2) is 9.97 Å². The summed E-state index contributed by atoms with van der Waals surface area (Å²) in [5.41, 5.74) is 0.672. The van der Waals surface area contributed by atoms with Crippen molar-refractivity contribution >= 4 is 0 Å². The van der Waals surface area contributed by atoms with E-state index in [9.17, 15) is 0 Å². The average Bonchev–Trinajstić information content (AvgIpc) is 2.79. The van der Waals surface area contributed by atoms with E-state index >= 15 is 0 Å². The molecule has 1 N–H and O–H groups in total. The summed E-state index contributed by atoms with van der Waals surface area (Å²) in [4.78, 5) is 12.2. The summed E-state index contributed by atoms with van der Waals surface area (Å²) in [6.07, 6.45) is 3.83. The highest BCUT2D eigenvalue weighted by Gasteiger charge is 2.11. The van der Waals surface area contributed by atoms with Crippen molar-refractivity contribution < 1.29 is 4.52 Å². The van der Waals surface area contributed by atoms with Gasteiger partial charge in [0, 0.05) is 18.7 Å². The van der Waals surface area contributed by atoms with Crippen LogP contribution < -0.4 is 5.32 Å². The Hall–Kier alpha value is -1.82. The van der Waals surface area contributed by atoms with Gasteiger partial charge in [0.2, 0.25) is 11.7 Å². The molecule has 0 saturated heterocycles. The molecule has 90 valence electrons. The van der Waals surface area contributed by atoms with Crippen molar-refractivity contribution in [3.63, 3.8) is 0 Å². The molecule has 1 atom stereocenters. The fraction of sp³-hybridized carbons (Fsp3) is 0.455. The maximum absolute atomic E-state index is 5.17. The van der Waals surface area contributed by atoms with Gasteiger partial charge in [0.25, 0.3) is 0 Å². The second-order valence-electron chi connectivity index (χ2n) is 3.77. The molecule has 17 heavy (non-hydrogen) atoms. The Kier molecular flexibility index (Phi) is 3.77. The van der Waals surface area contributed by atoms with E-state index < -0.39 is 0 Å². The molecular formula is C11H15N5O. The third-order valence-electron chi connectivity index (χ3n) is 2.31. The largest absolute Gasteiger partial charge is 0.339 e. The molecule has 1 unspecified atom stereocenters. The topological polar surface area (TPSA) is 76.7 Å². The van der Waals surface area contributed by atoms with Crippen LogP contribution in [0.25, 0.3) is 11.5 Å². The van der Waals surface area contributed by atoms with Gasteiger partial charge in [-0.05, 0) is 19.5 Å². The van der Waals surface area contributed by atoms with Crippen LogP contribution in [0.15, 0.2) is 23.1 Å². The highest BCUT2D eigenvalue weighted by atomic mass is 16.5. The van der Waals surface area contributed by atoms with E-state index in [0.29, 0.717) is 29.9 Å². The Bertz CT molecular complexity index is 456. The number of hydrogen-bond donors (Lipinski definition) is 1. The van der Waals surface area contributed by atoms with Gasteiger partial charge in [-0.1, -0.05) is 12.1 Å². The summed E-state index contributed by atoms with van der Waals surface area (Å²) in [6.45, 7) is 5.07. The van der Waals surface area contributed by atoms with Crippen LogP contribution in [-0.4, -0.2) is 32.7 Å². The normalized spacial score (nSPS) is 12.6. The molecule has 0 bridgehead atoms. The Labute approximate surface area is 99.5 Å². The first-order chi connectivity index (χ1) is 8.29. The number of nitrogens with zero attached hydrogens (tertiary/aromatic N) is 4. The molecule has 2 aromatic rings. The smallest absolute Gasteiger partial charge is 0.228 e. The second-order valence-corrected chi connectivity index (χ2v) is 3.77. The van der Waals surface area contributed by atoms with Crippen molar-refractivity contribution in [2.24, 2.45) is 0 Å². The molecular weight excluding hydrogens is 218 g/mol. The molecule has 0 aliphatic carbocycles. The Morgan fingerprint density at radius 2 is 2.35 bits per heavy atom. The lowest BCUT2D eigenvalue weighted by atomic mass is 10.2. The van der Waals surface area contributed by atoms with E-state index in [1.165, 1.54) is 6.33 Å². The Balaban J connectivity index is 2.06. The van der Waals surface area contributed by atoms with E-state index in [4.69, 9.17) is 4.52 Å². The minimum Gasteiger partial charge on any atom is -0.339 e. The molecule has 6 heteroatoms. The molecule has 0 spiro atoms. The molecule has 2 rings (SSSR count). The standard InChI is InChI=1S/C11H15N5O/c1-3-13-8(2)6-10-15-11(16-17-10)9-4-5-12-7-14-9/h4-5,7-8,13H,3,6H2,1-2H3. The van der Waals surface area contributed by atoms with Crippen LogP contribution in [0.5, 0.6) is 0 Å². The van der Waals surface area contributed by atoms with Crippen LogP contribution in [0.3, 0.4) is 0 Å². The number of nitrogens with one attached hydrogen (secondary N) is 1. The molecule has 0 saturated carbocycles. The molecule has 2 aromatic heterocycles. The summed E-state index contributed by atoms with van der Waals surface area (Å²) in [7, 11) is 0. The highest BCUT2D eigenvalue weighted by molar-refractivity contribution is 5.46. The van der Waals surface area contributed by atoms with Gasteiger partial charge in [-0.15, -0.1) is 0 Å². The molecule has 0 amide bonds. The first-order valence-corrected chi connectivity index (χ1v) is 5.62. The van der Waals surface area contributed by atoms with Crippen LogP contribution >= 0.6 is 0 Å². The summed E-state index contributed by atoms with van der Waals surface area (Å²) in [5.74, 6) is 1.12. The minimum absolute atomic E-state index is 0.318. The minimum atomic E-state index is 0.318. The zero-order chi connectivity index (χ0) is 12.1. The molecule has 0 aliphatic heterocycles. The number of rotatable bonds is 5. The van der Waals surface area contributed by atoms with Gasteiger partial charge in [0.15, 0.2) is 0 Å². The molecule has 0 aliphatic rings. The Morgan fingerprint density at radius 3 is 3.06 bits per heavy atom. The SMILES string of the molecule is CCNC(C)Cc1nc(-c2ccncn2)no1. The van der Waals surface area contributed by atoms with E-state index in [2.05, 4.69) is 39.3 Å². The van der Waals surface area contributed by atoms with Crippen LogP contribution in [0.4, 0.5) is 0 Å². The lowest BCUT2D eigenvalue weighted by molar-refractivity contribution is 0.363. The van der Waals surface area contributed by atoms with Gasteiger partial charge < -0.3 is 9.84 Å². The van der Waals surface area contributed by atoms with Crippen molar-refractivity contribution in [1.29, 1.82) is 0 Å². The molecule has 6 nitrogen and oxygen atoms in total. The predicted molar refractivity (Wildman–Crippen MR) is 62.2 cm³/mol. The Morgan fingerprint density at radius 1 is 1.47 bits per heavy atom. The molecule has 0 aromatic carbocycles. The van der Waals surface area contributed by atoms with Gasteiger partial charge in [-0.3, -0.25) is 0 Å². The maximum atomic E-state index is 5.17. The first kappa shape index (κ1) is 11.7. The highest BCUT2D eigenvalue weighted by Crippen LogP contribution is 2.11. The number of aromatic nitrogens is 4.